The number of H-pyrrole nitrogens is 1. The predicted octanol–water partition coefficient (Wildman–Crippen LogP) is 3.40. The third-order valence-electron chi connectivity index (χ3n) is 1.92. The molecule has 2 aromatic rings. The zero-order valence-electron chi connectivity index (χ0n) is 7.80. The van der Waals surface area contributed by atoms with Crippen LogP contribution in [0.1, 0.15) is 6.92 Å². The minimum atomic E-state index is -0.382. The topological polar surface area (TPSA) is 42.1 Å². The first kappa shape index (κ1) is 10.3. The van der Waals surface area contributed by atoms with E-state index >= 15 is 0 Å². The van der Waals surface area contributed by atoms with E-state index in [-0.39, 0.29) is 5.97 Å². The molecule has 3 nitrogen and oxygen atoms in total. The van der Waals surface area contributed by atoms with Crippen LogP contribution in [-0.4, -0.2) is 11.0 Å². The summed E-state index contributed by atoms with van der Waals surface area (Å²) in [6.45, 7) is 1.34. The van der Waals surface area contributed by atoms with Crippen molar-refractivity contribution in [3.8, 4) is 5.75 Å². The van der Waals surface area contributed by atoms with Crippen LogP contribution in [0.5, 0.6) is 5.75 Å². The highest BCUT2D eigenvalue weighted by molar-refractivity contribution is 6.38. The Morgan fingerprint density at radius 2 is 2.13 bits per heavy atom. The summed E-state index contributed by atoms with van der Waals surface area (Å²) in [6.07, 6.45) is 1.58. The number of esters is 1. The van der Waals surface area contributed by atoms with E-state index < -0.39 is 0 Å². The number of benzene rings is 1. The van der Waals surface area contributed by atoms with Crippen LogP contribution in [-0.2, 0) is 4.79 Å². The molecule has 5 heteroatoms. The fourth-order valence-corrected chi connectivity index (χ4v) is 1.92. The summed E-state index contributed by atoms with van der Waals surface area (Å²) in [5, 5.41) is 1.69. The quantitative estimate of drug-likeness (QED) is 0.781. The van der Waals surface area contributed by atoms with Crippen LogP contribution in [0.15, 0.2) is 18.3 Å². The second-order valence-electron chi connectivity index (χ2n) is 3.06. The molecule has 0 atom stereocenters. The van der Waals surface area contributed by atoms with E-state index in [0.29, 0.717) is 26.7 Å². The number of fused-ring (bicyclic) bond motifs is 1. The van der Waals surface area contributed by atoms with Crippen LogP contribution in [0.2, 0.25) is 10.0 Å². The highest BCUT2D eigenvalue weighted by Crippen LogP contribution is 2.33. The van der Waals surface area contributed by atoms with Crippen LogP contribution in [0.25, 0.3) is 10.9 Å². The summed E-state index contributed by atoms with van der Waals surface area (Å²) in [6, 6.07) is 3.32. The van der Waals surface area contributed by atoms with Gasteiger partial charge in [-0.3, -0.25) is 4.79 Å². The smallest absolute Gasteiger partial charge is 0.308 e. The van der Waals surface area contributed by atoms with Crippen molar-refractivity contribution in [3.05, 3.63) is 28.4 Å². The molecule has 0 fully saturated rings. The van der Waals surface area contributed by atoms with Crippen molar-refractivity contribution >= 4 is 40.1 Å². The first-order chi connectivity index (χ1) is 7.08. The van der Waals surface area contributed by atoms with Crippen molar-refractivity contribution in [2.24, 2.45) is 0 Å². The van der Waals surface area contributed by atoms with E-state index in [2.05, 4.69) is 4.98 Å². The third-order valence-corrected chi connectivity index (χ3v) is 2.44. The lowest BCUT2D eigenvalue weighted by atomic mass is 10.2. The number of nitrogens with one attached hydrogen (secondary N) is 1. The molecule has 0 aliphatic carbocycles. The number of hydrogen-bond donors (Lipinski definition) is 1. The second-order valence-corrected chi connectivity index (χ2v) is 3.90. The zero-order valence-corrected chi connectivity index (χ0v) is 9.32. The minimum Gasteiger partial charge on any atom is -0.424 e. The molecule has 0 bridgehead atoms. The van der Waals surface area contributed by atoms with E-state index in [1.54, 1.807) is 18.3 Å². The summed E-state index contributed by atoms with van der Waals surface area (Å²) in [7, 11) is 0. The summed E-state index contributed by atoms with van der Waals surface area (Å²) < 4.78 is 4.99. The summed E-state index contributed by atoms with van der Waals surface area (Å²) in [5.41, 5.74) is 0.706. The van der Waals surface area contributed by atoms with Gasteiger partial charge in [0.05, 0.1) is 10.5 Å². The molecule has 0 spiro atoms. The maximum absolute atomic E-state index is 10.8. The lowest BCUT2D eigenvalue weighted by Crippen LogP contribution is -2.00. The standard InChI is InChI=1S/C10H7Cl2NO2/c1-5(14)15-9-4-13-10-7(9)2-6(11)3-8(10)12/h2-4,13H,1H3. The first-order valence-electron chi connectivity index (χ1n) is 4.22. The first-order valence-corrected chi connectivity index (χ1v) is 4.98. The number of carbonyl (C=O) groups excluding carboxylic acids is 1. The molecule has 0 unspecified atom stereocenters. The molecule has 1 heterocycles. The van der Waals surface area contributed by atoms with Gasteiger partial charge in [-0.05, 0) is 12.1 Å². The van der Waals surface area contributed by atoms with Crippen molar-refractivity contribution < 1.29 is 9.53 Å². The van der Waals surface area contributed by atoms with Gasteiger partial charge in [-0.1, -0.05) is 23.2 Å². The Hall–Kier alpha value is -1.19. The minimum absolute atomic E-state index is 0.382. The van der Waals surface area contributed by atoms with E-state index in [4.69, 9.17) is 27.9 Å². The van der Waals surface area contributed by atoms with Gasteiger partial charge in [0.2, 0.25) is 0 Å². The average molecular weight is 244 g/mol. The molecule has 1 N–H and O–H groups in total. The van der Waals surface area contributed by atoms with Crippen LogP contribution < -0.4 is 4.74 Å². The molecule has 0 saturated carbocycles. The van der Waals surface area contributed by atoms with Crippen molar-refractivity contribution in [2.45, 2.75) is 6.92 Å². The zero-order chi connectivity index (χ0) is 11.0. The Balaban J connectivity index is 2.63. The molecule has 0 amide bonds. The van der Waals surface area contributed by atoms with Crippen molar-refractivity contribution in [1.82, 2.24) is 4.98 Å². The number of halogens is 2. The van der Waals surface area contributed by atoms with Crippen molar-refractivity contribution in [3.63, 3.8) is 0 Å². The maximum atomic E-state index is 10.8. The van der Waals surface area contributed by atoms with Crippen LogP contribution >= 0.6 is 23.2 Å². The van der Waals surface area contributed by atoms with Gasteiger partial charge in [0.15, 0.2) is 5.75 Å². The van der Waals surface area contributed by atoms with E-state index in [1.807, 2.05) is 0 Å². The summed E-state index contributed by atoms with van der Waals surface area (Å²) in [4.78, 5) is 13.7. The lowest BCUT2D eigenvalue weighted by Gasteiger charge is -1.99. The van der Waals surface area contributed by atoms with E-state index in [1.165, 1.54) is 6.92 Å². The highest BCUT2D eigenvalue weighted by atomic mass is 35.5. The lowest BCUT2D eigenvalue weighted by molar-refractivity contribution is -0.131. The number of aromatic amines is 1. The average Bonchev–Trinajstić information content (AvgIpc) is 2.48. The van der Waals surface area contributed by atoms with Gasteiger partial charge < -0.3 is 9.72 Å². The number of ether oxygens (including phenoxy) is 1. The van der Waals surface area contributed by atoms with Gasteiger partial charge in [0.1, 0.15) is 0 Å². The molecule has 0 aliphatic rings. The largest absolute Gasteiger partial charge is 0.424 e. The van der Waals surface area contributed by atoms with Crippen LogP contribution in [0, 0.1) is 0 Å². The van der Waals surface area contributed by atoms with E-state index in [0.717, 1.165) is 0 Å². The van der Waals surface area contributed by atoms with E-state index in [9.17, 15) is 4.79 Å². The van der Waals surface area contributed by atoms with Crippen molar-refractivity contribution in [2.75, 3.05) is 0 Å². The fourth-order valence-electron chi connectivity index (χ4n) is 1.37. The molecule has 1 aromatic heterocycles. The number of hydrogen-bond acceptors (Lipinski definition) is 2. The molecular formula is C10H7Cl2NO2. The number of rotatable bonds is 1. The Kier molecular flexibility index (Phi) is 2.59. The Bertz CT molecular complexity index is 533. The SMILES string of the molecule is CC(=O)Oc1c[nH]c2c(Cl)cc(Cl)cc12. The predicted molar refractivity (Wildman–Crippen MR) is 59.6 cm³/mol. The summed E-state index contributed by atoms with van der Waals surface area (Å²) in [5.74, 6) is 0.0499. The van der Waals surface area contributed by atoms with Gasteiger partial charge in [-0.25, -0.2) is 0 Å². The normalized spacial score (nSPS) is 10.6. The fraction of sp³-hybridized carbons (Fsp3) is 0.100. The van der Waals surface area contributed by atoms with Gasteiger partial charge in [0.25, 0.3) is 0 Å². The Morgan fingerprint density at radius 3 is 2.80 bits per heavy atom. The van der Waals surface area contributed by atoms with Gasteiger partial charge in [0, 0.05) is 23.5 Å². The third kappa shape index (κ3) is 1.94. The number of aromatic nitrogens is 1. The Labute approximate surface area is 95.9 Å². The van der Waals surface area contributed by atoms with Gasteiger partial charge in [-0.2, -0.15) is 0 Å². The Morgan fingerprint density at radius 1 is 1.40 bits per heavy atom. The molecule has 1 aromatic carbocycles. The molecule has 0 saturated heterocycles. The molecule has 0 radical (unpaired) electrons. The summed E-state index contributed by atoms with van der Waals surface area (Å²) >= 11 is 11.8. The molecular weight excluding hydrogens is 237 g/mol. The monoisotopic (exact) mass is 243 g/mol. The van der Waals surface area contributed by atoms with Gasteiger partial charge in [-0.15, -0.1) is 0 Å². The number of carbonyl (C=O) groups is 1. The van der Waals surface area contributed by atoms with Crippen LogP contribution in [0.3, 0.4) is 0 Å². The maximum Gasteiger partial charge on any atom is 0.308 e. The van der Waals surface area contributed by atoms with Crippen molar-refractivity contribution in [1.29, 1.82) is 0 Å². The van der Waals surface area contributed by atoms with Crippen LogP contribution in [0.4, 0.5) is 0 Å². The molecule has 15 heavy (non-hydrogen) atoms. The molecule has 0 aliphatic heterocycles. The second kappa shape index (κ2) is 3.76. The molecule has 78 valence electrons. The highest BCUT2D eigenvalue weighted by Gasteiger charge is 2.10. The van der Waals surface area contributed by atoms with Gasteiger partial charge >= 0.3 is 5.97 Å². The molecule has 2 rings (SSSR count).